The maximum absolute atomic E-state index is 11.9. The molecule has 0 spiro atoms. The van der Waals surface area contributed by atoms with Crippen LogP contribution in [0.3, 0.4) is 0 Å². The lowest BCUT2D eigenvalue weighted by Gasteiger charge is -2.29. The highest BCUT2D eigenvalue weighted by Gasteiger charge is 2.30. The molecule has 0 saturated carbocycles. The summed E-state index contributed by atoms with van der Waals surface area (Å²) in [7, 11) is 1.31. The summed E-state index contributed by atoms with van der Waals surface area (Å²) in [5.74, 6) is -1.47. The van der Waals surface area contributed by atoms with E-state index in [0.717, 1.165) is 5.56 Å². The number of methoxy groups -OCH3 is 1. The highest BCUT2D eigenvalue weighted by atomic mass is 32.1. The van der Waals surface area contributed by atoms with Gasteiger partial charge in [0.25, 0.3) is 0 Å². The smallest absolute Gasteiger partial charge is 0.337 e. The lowest BCUT2D eigenvalue weighted by atomic mass is 9.95. The van der Waals surface area contributed by atoms with Crippen LogP contribution in [0.2, 0.25) is 0 Å². The summed E-state index contributed by atoms with van der Waals surface area (Å²) in [5, 5.41) is 15.2. The fourth-order valence-corrected chi connectivity index (χ4v) is 2.41. The third-order valence-electron chi connectivity index (χ3n) is 3.17. The van der Waals surface area contributed by atoms with E-state index in [4.69, 9.17) is 22.1 Å². The van der Waals surface area contributed by atoms with Gasteiger partial charge in [-0.2, -0.15) is 0 Å². The van der Waals surface area contributed by atoms with Crippen molar-refractivity contribution in [3.8, 4) is 0 Å². The molecule has 110 valence electrons. The summed E-state index contributed by atoms with van der Waals surface area (Å²) in [5.41, 5.74) is 1.92. The number of carbonyl (C=O) groups excluding carboxylic acids is 1. The number of esters is 1. The Morgan fingerprint density at radius 2 is 1.90 bits per heavy atom. The largest absolute Gasteiger partial charge is 0.478 e. The van der Waals surface area contributed by atoms with Crippen LogP contribution in [0.25, 0.3) is 0 Å². The molecule has 2 rings (SSSR count). The molecule has 0 fully saturated rings. The predicted octanol–water partition coefficient (Wildman–Crippen LogP) is 1.35. The third-order valence-corrected chi connectivity index (χ3v) is 3.39. The highest BCUT2D eigenvalue weighted by molar-refractivity contribution is 7.80. The van der Waals surface area contributed by atoms with Crippen molar-refractivity contribution in [1.82, 2.24) is 10.6 Å². The fraction of sp³-hybridized carbons (Fsp3) is 0.214. The van der Waals surface area contributed by atoms with Crippen molar-refractivity contribution in [3.05, 3.63) is 46.7 Å². The maximum atomic E-state index is 11.9. The van der Waals surface area contributed by atoms with Gasteiger partial charge in [0, 0.05) is 5.70 Å². The van der Waals surface area contributed by atoms with Crippen LogP contribution in [0.5, 0.6) is 0 Å². The molecule has 1 aliphatic heterocycles. The van der Waals surface area contributed by atoms with Crippen LogP contribution >= 0.6 is 12.2 Å². The van der Waals surface area contributed by atoms with E-state index in [1.54, 1.807) is 19.1 Å². The van der Waals surface area contributed by atoms with Crippen molar-refractivity contribution >= 4 is 29.3 Å². The predicted molar refractivity (Wildman–Crippen MR) is 79.7 cm³/mol. The minimum absolute atomic E-state index is 0.176. The number of carboxylic acids is 1. The quantitative estimate of drug-likeness (QED) is 0.574. The van der Waals surface area contributed by atoms with Crippen molar-refractivity contribution < 1.29 is 19.4 Å². The summed E-state index contributed by atoms with van der Waals surface area (Å²) in [6.45, 7) is 1.73. The molecular formula is C14H14N2O4S. The summed E-state index contributed by atoms with van der Waals surface area (Å²) in [6.07, 6.45) is 0. The number of ether oxygens (including phenoxy) is 1. The molecule has 1 aromatic rings. The van der Waals surface area contributed by atoms with E-state index in [1.807, 2.05) is 0 Å². The van der Waals surface area contributed by atoms with Gasteiger partial charge in [0.1, 0.15) is 0 Å². The van der Waals surface area contributed by atoms with Crippen LogP contribution in [0.4, 0.5) is 0 Å². The number of thiocarbonyl (C=S) groups is 1. The van der Waals surface area contributed by atoms with E-state index in [1.165, 1.54) is 19.2 Å². The van der Waals surface area contributed by atoms with Gasteiger partial charge in [0.2, 0.25) is 0 Å². The Kier molecular flexibility index (Phi) is 4.23. The highest BCUT2D eigenvalue weighted by Crippen LogP contribution is 2.27. The molecule has 3 N–H and O–H groups in total. The number of carbonyl (C=O) groups is 2. The number of benzene rings is 1. The molecule has 0 aromatic heterocycles. The molecule has 7 heteroatoms. The Bertz CT molecular complexity index is 637. The Morgan fingerprint density at radius 1 is 1.29 bits per heavy atom. The molecule has 6 nitrogen and oxygen atoms in total. The normalized spacial score (nSPS) is 17.8. The molecular weight excluding hydrogens is 292 g/mol. The third kappa shape index (κ3) is 3.03. The first-order valence-corrected chi connectivity index (χ1v) is 6.54. The summed E-state index contributed by atoms with van der Waals surface area (Å²) < 4.78 is 4.79. The Balaban J connectivity index is 2.43. The molecule has 1 aliphatic rings. The van der Waals surface area contributed by atoms with Crippen molar-refractivity contribution in [3.63, 3.8) is 0 Å². The summed E-state index contributed by atoms with van der Waals surface area (Å²) >= 11 is 5.10. The van der Waals surface area contributed by atoms with Crippen LogP contribution < -0.4 is 10.6 Å². The lowest BCUT2D eigenvalue weighted by molar-refractivity contribution is -0.136. The van der Waals surface area contributed by atoms with E-state index >= 15 is 0 Å². The first kappa shape index (κ1) is 15.0. The molecule has 21 heavy (non-hydrogen) atoms. The maximum Gasteiger partial charge on any atom is 0.337 e. The van der Waals surface area contributed by atoms with E-state index in [0.29, 0.717) is 16.4 Å². The molecule has 0 amide bonds. The molecule has 1 aromatic carbocycles. The van der Waals surface area contributed by atoms with Gasteiger partial charge in [-0.25, -0.2) is 9.59 Å². The van der Waals surface area contributed by atoms with Crippen LogP contribution in [0.15, 0.2) is 35.5 Å². The zero-order valence-electron chi connectivity index (χ0n) is 11.5. The molecule has 0 bridgehead atoms. The first-order chi connectivity index (χ1) is 9.93. The van der Waals surface area contributed by atoms with Gasteiger partial charge in [-0.15, -0.1) is 0 Å². The Labute approximate surface area is 126 Å². The van der Waals surface area contributed by atoms with Crippen molar-refractivity contribution in [2.75, 3.05) is 7.11 Å². The standard InChI is InChI=1S/C14H14N2O4S/c1-7-10(13(19)20-2)11(16-14(21)15-7)8-3-5-9(6-4-8)12(17)18/h3-6,11H,1-2H3,(H,17,18)(H2,15,16,21)/t11-/m1/s1. The van der Waals surface area contributed by atoms with Gasteiger partial charge in [-0.05, 0) is 36.8 Å². The molecule has 0 saturated heterocycles. The Morgan fingerprint density at radius 3 is 2.43 bits per heavy atom. The average molecular weight is 306 g/mol. The summed E-state index contributed by atoms with van der Waals surface area (Å²) in [4.78, 5) is 22.8. The zero-order valence-corrected chi connectivity index (χ0v) is 12.3. The number of nitrogens with one attached hydrogen (secondary N) is 2. The van der Waals surface area contributed by atoms with Crippen molar-refractivity contribution in [2.24, 2.45) is 0 Å². The topological polar surface area (TPSA) is 87.7 Å². The first-order valence-electron chi connectivity index (χ1n) is 6.14. The monoisotopic (exact) mass is 306 g/mol. The van der Waals surface area contributed by atoms with Gasteiger partial charge < -0.3 is 20.5 Å². The van der Waals surface area contributed by atoms with Crippen LogP contribution in [-0.2, 0) is 9.53 Å². The second kappa shape index (κ2) is 5.92. The van der Waals surface area contributed by atoms with E-state index in [-0.39, 0.29) is 5.56 Å². The molecule has 0 unspecified atom stereocenters. The molecule has 1 heterocycles. The SMILES string of the molecule is COC(=O)C1=C(C)NC(=S)N[C@@H]1c1ccc(C(=O)O)cc1. The number of hydrogen-bond acceptors (Lipinski definition) is 4. The molecule has 0 radical (unpaired) electrons. The van der Waals surface area contributed by atoms with Crippen LogP contribution in [0.1, 0.15) is 28.9 Å². The van der Waals surface area contributed by atoms with E-state index < -0.39 is 18.0 Å². The van der Waals surface area contributed by atoms with E-state index in [2.05, 4.69) is 10.6 Å². The van der Waals surface area contributed by atoms with E-state index in [9.17, 15) is 9.59 Å². The number of carboxylic acid groups (broad SMARTS) is 1. The van der Waals surface area contributed by atoms with Gasteiger partial charge in [0.15, 0.2) is 5.11 Å². The van der Waals surface area contributed by atoms with Gasteiger partial charge in [0.05, 0.1) is 24.3 Å². The molecule has 0 aliphatic carbocycles. The number of allylic oxidation sites excluding steroid dienone is 1. The second-order valence-corrected chi connectivity index (χ2v) is 4.90. The van der Waals surface area contributed by atoms with Crippen LogP contribution in [-0.4, -0.2) is 29.3 Å². The zero-order chi connectivity index (χ0) is 15.6. The fourth-order valence-electron chi connectivity index (χ4n) is 2.14. The van der Waals surface area contributed by atoms with Gasteiger partial charge >= 0.3 is 11.9 Å². The van der Waals surface area contributed by atoms with Crippen molar-refractivity contribution in [1.29, 1.82) is 0 Å². The average Bonchev–Trinajstić information content (AvgIpc) is 2.45. The van der Waals surface area contributed by atoms with Gasteiger partial charge in [-0.3, -0.25) is 0 Å². The van der Waals surface area contributed by atoms with Crippen molar-refractivity contribution in [2.45, 2.75) is 13.0 Å². The van der Waals surface area contributed by atoms with Gasteiger partial charge in [-0.1, -0.05) is 12.1 Å². The number of hydrogen-bond donors (Lipinski definition) is 3. The number of rotatable bonds is 3. The Hall–Kier alpha value is -2.41. The van der Waals surface area contributed by atoms with Crippen LogP contribution in [0, 0.1) is 0 Å². The molecule has 1 atom stereocenters. The minimum Gasteiger partial charge on any atom is -0.478 e. The lowest BCUT2D eigenvalue weighted by Crippen LogP contribution is -2.45. The second-order valence-electron chi connectivity index (χ2n) is 4.49. The minimum atomic E-state index is -1.00. The summed E-state index contributed by atoms with van der Waals surface area (Å²) in [6, 6.07) is 5.77. The number of aromatic carboxylic acids is 1.